The molecular formula is C24H21BrN2O2S. The molecule has 3 aromatic rings. The number of rotatable bonds is 5. The molecule has 0 aromatic heterocycles. The first-order valence-corrected chi connectivity index (χ1v) is 11.4. The number of hydrogen-bond donors (Lipinski definition) is 1. The highest BCUT2D eigenvalue weighted by Crippen LogP contribution is 2.41. The number of nitrogens with one attached hydrogen (secondary N) is 1. The Morgan fingerprint density at radius 2 is 1.80 bits per heavy atom. The van der Waals surface area contributed by atoms with Crippen LogP contribution in [0.15, 0.2) is 81.0 Å². The summed E-state index contributed by atoms with van der Waals surface area (Å²) in [5, 5.41) is 2.97. The van der Waals surface area contributed by atoms with Crippen molar-refractivity contribution in [2.24, 2.45) is 0 Å². The van der Waals surface area contributed by atoms with Crippen molar-refractivity contribution in [3.63, 3.8) is 0 Å². The second kappa shape index (κ2) is 9.06. The number of benzene rings is 3. The first-order valence-electron chi connectivity index (χ1n) is 9.74. The summed E-state index contributed by atoms with van der Waals surface area (Å²) in [6, 6.07) is 21.5. The topological polar surface area (TPSA) is 49.4 Å². The summed E-state index contributed by atoms with van der Waals surface area (Å²) in [4.78, 5) is 28.8. The van der Waals surface area contributed by atoms with Gasteiger partial charge in [-0.3, -0.25) is 9.59 Å². The normalized spacial score (nSPS) is 12.7. The molecule has 0 bridgehead atoms. The maximum absolute atomic E-state index is 12.9. The molecule has 4 nitrogen and oxygen atoms in total. The molecule has 1 aliphatic rings. The van der Waals surface area contributed by atoms with Crippen molar-refractivity contribution in [1.82, 2.24) is 0 Å². The minimum atomic E-state index is -0.0465. The highest BCUT2D eigenvalue weighted by molar-refractivity contribution is 9.10. The number of nitrogens with zero attached hydrogens (tertiary/aromatic N) is 1. The van der Waals surface area contributed by atoms with Gasteiger partial charge in [-0.15, -0.1) is 0 Å². The lowest BCUT2D eigenvalue weighted by atomic mass is 10.1. The maximum atomic E-state index is 12.9. The maximum Gasteiger partial charge on any atom is 0.259 e. The monoisotopic (exact) mass is 480 g/mol. The third-order valence-corrected chi connectivity index (χ3v) is 6.70. The van der Waals surface area contributed by atoms with E-state index < -0.39 is 0 Å². The quantitative estimate of drug-likeness (QED) is 0.476. The van der Waals surface area contributed by atoms with Gasteiger partial charge in [-0.1, -0.05) is 52.0 Å². The second-order valence-electron chi connectivity index (χ2n) is 7.17. The van der Waals surface area contributed by atoms with Gasteiger partial charge in [0.1, 0.15) is 0 Å². The molecule has 0 aliphatic carbocycles. The zero-order valence-corrected chi connectivity index (χ0v) is 18.9. The molecule has 30 heavy (non-hydrogen) atoms. The molecule has 0 atom stereocenters. The summed E-state index contributed by atoms with van der Waals surface area (Å²) in [5.41, 5.74) is 3.41. The number of amides is 2. The van der Waals surface area contributed by atoms with Gasteiger partial charge in [-0.2, -0.15) is 0 Å². The molecular weight excluding hydrogens is 460 g/mol. The molecule has 0 unspecified atom stereocenters. The van der Waals surface area contributed by atoms with Gasteiger partial charge in [0.15, 0.2) is 0 Å². The van der Waals surface area contributed by atoms with Crippen molar-refractivity contribution in [3.8, 4) is 0 Å². The number of fused-ring (bicyclic) bond motifs is 2. The number of carbonyl (C=O) groups is 2. The summed E-state index contributed by atoms with van der Waals surface area (Å²) < 4.78 is 1.05. The molecule has 0 spiro atoms. The molecule has 1 aliphatic heterocycles. The molecule has 0 saturated heterocycles. The van der Waals surface area contributed by atoms with Gasteiger partial charge in [0.05, 0.1) is 11.3 Å². The summed E-state index contributed by atoms with van der Waals surface area (Å²) in [7, 11) is 1.77. The van der Waals surface area contributed by atoms with E-state index in [1.807, 2.05) is 54.6 Å². The fraction of sp³-hybridized carbons (Fsp3) is 0.167. The zero-order chi connectivity index (χ0) is 21.1. The van der Waals surface area contributed by atoms with Gasteiger partial charge in [0, 0.05) is 33.4 Å². The van der Waals surface area contributed by atoms with E-state index in [9.17, 15) is 9.59 Å². The predicted octanol–water partition coefficient (Wildman–Crippen LogP) is 6.15. The molecule has 0 saturated carbocycles. The van der Waals surface area contributed by atoms with E-state index >= 15 is 0 Å². The van der Waals surface area contributed by atoms with Crippen LogP contribution in [0.25, 0.3) is 0 Å². The Kier molecular flexibility index (Phi) is 6.25. The van der Waals surface area contributed by atoms with Crippen LogP contribution in [-0.2, 0) is 11.2 Å². The highest BCUT2D eigenvalue weighted by atomic mass is 79.9. The predicted molar refractivity (Wildman–Crippen MR) is 125 cm³/mol. The number of carbonyl (C=O) groups excluding carboxylic acids is 2. The molecule has 2 amide bonds. The van der Waals surface area contributed by atoms with Gasteiger partial charge in [-0.05, 0) is 60.9 Å². The van der Waals surface area contributed by atoms with Gasteiger partial charge < -0.3 is 10.2 Å². The SMILES string of the molecule is CN1C(=O)c2ccccc2Sc2ccc(NC(=O)CCCc3ccc(Br)cc3)cc21. The summed E-state index contributed by atoms with van der Waals surface area (Å²) in [5.74, 6) is -0.0690. The zero-order valence-electron chi connectivity index (χ0n) is 16.5. The van der Waals surface area contributed by atoms with Crippen molar-refractivity contribution >= 4 is 50.9 Å². The minimum absolute atomic E-state index is 0.0226. The van der Waals surface area contributed by atoms with Gasteiger partial charge >= 0.3 is 0 Å². The second-order valence-corrected chi connectivity index (χ2v) is 9.17. The van der Waals surface area contributed by atoms with Crippen LogP contribution in [0.1, 0.15) is 28.8 Å². The van der Waals surface area contributed by atoms with Crippen molar-refractivity contribution in [3.05, 3.63) is 82.3 Å². The fourth-order valence-corrected chi connectivity index (χ4v) is 4.76. The van der Waals surface area contributed by atoms with E-state index in [1.54, 1.807) is 23.7 Å². The number of aryl methyl sites for hydroxylation is 1. The summed E-state index contributed by atoms with van der Waals surface area (Å²) in [6.07, 6.45) is 2.08. The number of hydrogen-bond acceptors (Lipinski definition) is 3. The van der Waals surface area contributed by atoms with E-state index in [4.69, 9.17) is 0 Å². The van der Waals surface area contributed by atoms with Crippen LogP contribution in [0.3, 0.4) is 0 Å². The Hall–Kier alpha value is -2.57. The van der Waals surface area contributed by atoms with E-state index in [1.165, 1.54) is 5.56 Å². The largest absolute Gasteiger partial charge is 0.326 e. The van der Waals surface area contributed by atoms with Gasteiger partial charge in [0.25, 0.3) is 5.91 Å². The van der Waals surface area contributed by atoms with Crippen LogP contribution >= 0.6 is 27.7 Å². The van der Waals surface area contributed by atoms with Crippen molar-refractivity contribution in [2.45, 2.75) is 29.1 Å². The van der Waals surface area contributed by atoms with E-state index in [2.05, 4.69) is 33.4 Å². The van der Waals surface area contributed by atoms with E-state index in [-0.39, 0.29) is 11.8 Å². The third-order valence-electron chi connectivity index (χ3n) is 5.03. The van der Waals surface area contributed by atoms with Crippen molar-refractivity contribution < 1.29 is 9.59 Å². The van der Waals surface area contributed by atoms with Crippen LogP contribution in [0, 0.1) is 0 Å². The molecule has 6 heteroatoms. The average molecular weight is 481 g/mol. The molecule has 4 rings (SSSR count). The Bertz CT molecular complexity index is 1100. The Morgan fingerprint density at radius 1 is 1.03 bits per heavy atom. The number of halogens is 1. The molecule has 152 valence electrons. The lowest BCUT2D eigenvalue weighted by Crippen LogP contribution is -2.26. The van der Waals surface area contributed by atoms with Crippen LogP contribution in [0.4, 0.5) is 11.4 Å². The lowest BCUT2D eigenvalue weighted by Gasteiger charge is -2.18. The van der Waals surface area contributed by atoms with Crippen LogP contribution in [0.2, 0.25) is 0 Å². The smallest absolute Gasteiger partial charge is 0.259 e. The molecule has 1 heterocycles. The first kappa shape index (κ1) is 20.7. The van der Waals surface area contributed by atoms with Gasteiger partial charge in [-0.25, -0.2) is 0 Å². The third kappa shape index (κ3) is 4.60. The molecule has 0 fully saturated rings. The Morgan fingerprint density at radius 3 is 2.60 bits per heavy atom. The lowest BCUT2D eigenvalue weighted by molar-refractivity contribution is -0.116. The molecule has 0 radical (unpaired) electrons. The highest BCUT2D eigenvalue weighted by Gasteiger charge is 2.24. The first-order chi connectivity index (χ1) is 14.5. The minimum Gasteiger partial charge on any atom is -0.326 e. The van der Waals surface area contributed by atoms with Crippen LogP contribution in [0.5, 0.6) is 0 Å². The Labute approximate surface area is 188 Å². The number of anilines is 2. The fourth-order valence-electron chi connectivity index (χ4n) is 3.41. The molecule has 3 aromatic carbocycles. The Balaban J connectivity index is 1.42. The summed E-state index contributed by atoms with van der Waals surface area (Å²) in [6.45, 7) is 0. The van der Waals surface area contributed by atoms with Gasteiger partial charge in [0.2, 0.25) is 5.91 Å². The van der Waals surface area contributed by atoms with Crippen molar-refractivity contribution in [1.29, 1.82) is 0 Å². The van der Waals surface area contributed by atoms with Crippen molar-refractivity contribution in [2.75, 3.05) is 17.3 Å². The van der Waals surface area contributed by atoms with Crippen LogP contribution < -0.4 is 10.2 Å². The standard InChI is InChI=1S/C24H21BrN2O2S/c1-27-20-15-18(26-23(28)8-4-5-16-9-11-17(25)12-10-16)13-14-22(20)30-21-7-3-2-6-19(21)24(27)29/h2-3,6-7,9-15H,4-5,8H2,1H3,(H,26,28). The average Bonchev–Trinajstić information content (AvgIpc) is 2.85. The van der Waals surface area contributed by atoms with E-state index in [0.717, 1.165) is 32.8 Å². The van der Waals surface area contributed by atoms with E-state index in [0.29, 0.717) is 17.7 Å². The van der Waals surface area contributed by atoms with Crippen LogP contribution in [-0.4, -0.2) is 18.9 Å². The molecule has 1 N–H and O–H groups in total. The summed E-state index contributed by atoms with van der Waals surface area (Å²) >= 11 is 5.00.